The van der Waals surface area contributed by atoms with Crippen molar-refractivity contribution < 1.29 is 42.9 Å². The molecule has 0 radical (unpaired) electrons. The number of carbonyl (C=O) groups is 3. The Hall–Kier alpha value is -2.58. The Morgan fingerprint density at radius 3 is 1.42 bits per heavy atom. The second-order valence-electron chi connectivity index (χ2n) is 3.36. The SMILES string of the molecule is O=C(O)c1cc(C(=O)O)c(C(F)(F)F)c(C(=O)O)c1. The highest BCUT2D eigenvalue weighted by atomic mass is 19.4. The number of halogens is 3. The molecular weight excluding hydrogens is 273 g/mol. The van der Waals surface area contributed by atoms with Crippen LogP contribution in [0.15, 0.2) is 12.1 Å². The van der Waals surface area contributed by atoms with E-state index < -0.39 is 46.3 Å². The number of hydrogen-bond acceptors (Lipinski definition) is 3. The molecular formula is C10H5F3O6. The summed E-state index contributed by atoms with van der Waals surface area (Å²) in [6, 6.07) is 0.528. The molecule has 0 saturated carbocycles. The predicted octanol–water partition coefficient (Wildman–Crippen LogP) is 1.80. The summed E-state index contributed by atoms with van der Waals surface area (Å²) in [4.78, 5) is 32.1. The van der Waals surface area contributed by atoms with Gasteiger partial charge < -0.3 is 15.3 Å². The third-order valence-electron chi connectivity index (χ3n) is 2.13. The highest BCUT2D eigenvalue weighted by Crippen LogP contribution is 2.35. The van der Waals surface area contributed by atoms with Crippen LogP contribution >= 0.6 is 0 Å². The van der Waals surface area contributed by atoms with Crippen molar-refractivity contribution >= 4 is 17.9 Å². The van der Waals surface area contributed by atoms with Gasteiger partial charge in [-0.05, 0) is 12.1 Å². The third-order valence-corrected chi connectivity index (χ3v) is 2.13. The van der Waals surface area contributed by atoms with Crippen LogP contribution in [0.3, 0.4) is 0 Å². The number of carboxylic acid groups (broad SMARTS) is 3. The molecule has 0 aliphatic heterocycles. The van der Waals surface area contributed by atoms with E-state index in [2.05, 4.69) is 0 Å². The Morgan fingerprint density at radius 2 is 1.21 bits per heavy atom. The molecule has 6 nitrogen and oxygen atoms in total. The van der Waals surface area contributed by atoms with Crippen molar-refractivity contribution in [2.45, 2.75) is 6.18 Å². The topological polar surface area (TPSA) is 112 Å². The number of alkyl halides is 3. The highest BCUT2D eigenvalue weighted by Gasteiger charge is 2.40. The molecule has 3 N–H and O–H groups in total. The molecule has 0 saturated heterocycles. The van der Waals surface area contributed by atoms with Crippen LogP contribution in [-0.4, -0.2) is 33.2 Å². The quantitative estimate of drug-likeness (QED) is 0.777. The Morgan fingerprint density at radius 1 is 0.842 bits per heavy atom. The van der Waals surface area contributed by atoms with Gasteiger partial charge in [0.1, 0.15) is 0 Å². The molecule has 0 atom stereocenters. The van der Waals surface area contributed by atoms with Crippen LogP contribution in [-0.2, 0) is 6.18 Å². The summed E-state index contributed by atoms with van der Waals surface area (Å²) in [5, 5.41) is 25.9. The molecule has 0 unspecified atom stereocenters. The van der Waals surface area contributed by atoms with E-state index >= 15 is 0 Å². The van der Waals surface area contributed by atoms with Gasteiger partial charge in [-0.1, -0.05) is 0 Å². The standard InChI is InChI=1S/C10H5F3O6/c11-10(12,13)6-4(8(16)17)1-3(7(14)15)2-5(6)9(18)19/h1-2H,(H,14,15)(H,16,17)(H,18,19). The van der Waals surface area contributed by atoms with Gasteiger partial charge >= 0.3 is 24.1 Å². The van der Waals surface area contributed by atoms with Crippen LogP contribution in [0.5, 0.6) is 0 Å². The van der Waals surface area contributed by atoms with E-state index in [0.717, 1.165) is 0 Å². The summed E-state index contributed by atoms with van der Waals surface area (Å²) in [6.07, 6.45) is -5.24. The van der Waals surface area contributed by atoms with Gasteiger partial charge in [-0.15, -0.1) is 0 Å². The molecule has 0 fully saturated rings. The second-order valence-corrected chi connectivity index (χ2v) is 3.36. The summed E-state index contributed by atoms with van der Waals surface area (Å²) in [5.74, 6) is -5.88. The molecule has 19 heavy (non-hydrogen) atoms. The lowest BCUT2D eigenvalue weighted by atomic mass is 9.97. The van der Waals surface area contributed by atoms with Gasteiger partial charge in [0.15, 0.2) is 0 Å². The number of carboxylic acids is 3. The Bertz CT molecular complexity index is 540. The lowest BCUT2D eigenvalue weighted by molar-refractivity contribution is -0.138. The lowest BCUT2D eigenvalue weighted by Crippen LogP contribution is -2.20. The summed E-state index contributed by atoms with van der Waals surface area (Å²) in [5.41, 5.74) is -5.60. The summed E-state index contributed by atoms with van der Waals surface area (Å²) >= 11 is 0. The molecule has 0 spiro atoms. The maximum absolute atomic E-state index is 12.7. The van der Waals surface area contributed by atoms with Gasteiger partial charge in [0.25, 0.3) is 0 Å². The van der Waals surface area contributed by atoms with Gasteiger partial charge in [-0.25, -0.2) is 14.4 Å². The van der Waals surface area contributed by atoms with E-state index in [9.17, 15) is 27.6 Å². The lowest BCUT2D eigenvalue weighted by Gasteiger charge is -2.14. The minimum absolute atomic E-state index is 0.264. The van der Waals surface area contributed by atoms with Crippen LogP contribution in [0.2, 0.25) is 0 Å². The van der Waals surface area contributed by atoms with E-state index in [1.54, 1.807) is 0 Å². The number of aromatic carboxylic acids is 3. The fourth-order valence-corrected chi connectivity index (χ4v) is 1.41. The first-order valence-corrected chi connectivity index (χ1v) is 4.50. The van der Waals surface area contributed by atoms with Gasteiger partial charge in [-0.2, -0.15) is 13.2 Å². The molecule has 0 heterocycles. The zero-order valence-electron chi connectivity index (χ0n) is 8.85. The van der Waals surface area contributed by atoms with Gasteiger partial charge in [0.2, 0.25) is 0 Å². The molecule has 1 rings (SSSR count). The Kier molecular flexibility index (Phi) is 3.50. The fraction of sp³-hybridized carbons (Fsp3) is 0.100. The third kappa shape index (κ3) is 2.81. The number of rotatable bonds is 3. The number of benzene rings is 1. The molecule has 9 heteroatoms. The van der Waals surface area contributed by atoms with E-state index in [4.69, 9.17) is 15.3 Å². The monoisotopic (exact) mass is 278 g/mol. The second kappa shape index (κ2) is 4.59. The smallest absolute Gasteiger partial charge is 0.418 e. The van der Waals surface area contributed by atoms with E-state index in [1.807, 2.05) is 0 Å². The van der Waals surface area contributed by atoms with E-state index in [-0.39, 0.29) is 12.1 Å². The summed E-state index contributed by atoms with van der Waals surface area (Å²) < 4.78 is 38.1. The van der Waals surface area contributed by atoms with Crippen LogP contribution in [0, 0.1) is 0 Å². The van der Waals surface area contributed by atoms with Crippen LogP contribution in [0.25, 0.3) is 0 Å². The minimum atomic E-state index is -5.24. The van der Waals surface area contributed by atoms with Gasteiger partial charge in [-0.3, -0.25) is 0 Å². The maximum Gasteiger partial charge on any atom is 0.418 e. The first-order chi connectivity index (χ1) is 8.55. The molecule has 0 amide bonds. The van der Waals surface area contributed by atoms with E-state index in [0.29, 0.717) is 0 Å². The van der Waals surface area contributed by atoms with Crippen LogP contribution in [0.1, 0.15) is 36.6 Å². The average molecular weight is 278 g/mol. The van der Waals surface area contributed by atoms with Crippen molar-refractivity contribution in [2.24, 2.45) is 0 Å². The van der Waals surface area contributed by atoms with Crippen molar-refractivity contribution in [3.63, 3.8) is 0 Å². The van der Waals surface area contributed by atoms with Crippen molar-refractivity contribution in [2.75, 3.05) is 0 Å². The minimum Gasteiger partial charge on any atom is -0.478 e. The molecule has 0 bridgehead atoms. The molecule has 1 aromatic carbocycles. The normalized spacial score (nSPS) is 11.1. The molecule has 0 aliphatic carbocycles. The fourth-order valence-electron chi connectivity index (χ4n) is 1.41. The Balaban J connectivity index is 3.81. The molecule has 0 aliphatic rings. The summed E-state index contributed by atoms with van der Waals surface area (Å²) in [6.45, 7) is 0. The zero-order chi connectivity index (χ0) is 15.0. The van der Waals surface area contributed by atoms with Crippen LogP contribution < -0.4 is 0 Å². The first-order valence-electron chi connectivity index (χ1n) is 4.50. The van der Waals surface area contributed by atoms with Gasteiger partial charge in [0, 0.05) is 0 Å². The van der Waals surface area contributed by atoms with Crippen LogP contribution in [0.4, 0.5) is 13.2 Å². The van der Waals surface area contributed by atoms with Crippen molar-refractivity contribution in [1.82, 2.24) is 0 Å². The highest BCUT2D eigenvalue weighted by molar-refractivity contribution is 6.01. The Labute approximate surface area is 102 Å². The number of hydrogen-bond donors (Lipinski definition) is 3. The average Bonchev–Trinajstić information content (AvgIpc) is 2.25. The van der Waals surface area contributed by atoms with E-state index in [1.165, 1.54) is 0 Å². The maximum atomic E-state index is 12.7. The predicted molar refractivity (Wildman–Crippen MR) is 52.3 cm³/mol. The molecule has 0 aromatic heterocycles. The molecule has 102 valence electrons. The zero-order valence-corrected chi connectivity index (χ0v) is 8.85. The molecule has 1 aromatic rings. The van der Waals surface area contributed by atoms with Crippen molar-refractivity contribution in [1.29, 1.82) is 0 Å². The first kappa shape index (κ1) is 14.5. The van der Waals surface area contributed by atoms with Crippen molar-refractivity contribution in [3.05, 3.63) is 34.4 Å². The summed E-state index contributed by atoms with van der Waals surface area (Å²) in [7, 11) is 0. The van der Waals surface area contributed by atoms with Crippen molar-refractivity contribution in [3.8, 4) is 0 Å². The van der Waals surface area contributed by atoms with Gasteiger partial charge in [0.05, 0.1) is 22.3 Å². The largest absolute Gasteiger partial charge is 0.478 e.